The van der Waals surface area contributed by atoms with Crippen LogP contribution < -0.4 is 5.32 Å². The Morgan fingerprint density at radius 2 is 2.00 bits per heavy atom. The number of pyridine rings is 2. The first-order valence-corrected chi connectivity index (χ1v) is 8.16. The summed E-state index contributed by atoms with van der Waals surface area (Å²) in [6.45, 7) is 0. The number of hydrogen-bond acceptors (Lipinski definition) is 7. The molecule has 0 bridgehead atoms. The molecule has 0 unspecified atom stereocenters. The molecule has 0 spiro atoms. The van der Waals surface area contributed by atoms with Gasteiger partial charge in [0.25, 0.3) is 0 Å². The van der Waals surface area contributed by atoms with Gasteiger partial charge in [-0.1, -0.05) is 24.2 Å². The Bertz CT molecular complexity index is 813. The zero-order valence-corrected chi connectivity index (χ0v) is 12.7. The van der Waals surface area contributed by atoms with Crippen molar-refractivity contribution >= 4 is 33.3 Å². The Morgan fingerprint density at radius 3 is 2.86 bits per heavy atom. The molecular formula is C15H15N5OS. The molecule has 0 radical (unpaired) electrons. The van der Waals surface area contributed by atoms with Gasteiger partial charge in [0.2, 0.25) is 5.13 Å². The summed E-state index contributed by atoms with van der Waals surface area (Å²) in [6.07, 6.45) is 6.42. The van der Waals surface area contributed by atoms with Gasteiger partial charge in [0, 0.05) is 12.0 Å². The van der Waals surface area contributed by atoms with Gasteiger partial charge in [-0.15, -0.1) is 10.2 Å². The number of nitrogens with zero attached hydrogens (tertiary/aromatic N) is 4. The molecule has 7 heteroatoms. The maximum absolute atomic E-state index is 9.49. The number of rotatable bonds is 3. The van der Waals surface area contributed by atoms with Gasteiger partial charge >= 0.3 is 0 Å². The molecule has 3 aromatic rings. The van der Waals surface area contributed by atoms with Crippen LogP contribution in [0.5, 0.6) is 5.75 Å². The Balaban J connectivity index is 1.57. The van der Waals surface area contributed by atoms with Gasteiger partial charge in [0.1, 0.15) is 16.6 Å². The van der Waals surface area contributed by atoms with Crippen LogP contribution in [0.1, 0.15) is 36.6 Å². The molecular weight excluding hydrogens is 298 g/mol. The Hall–Kier alpha value is -2.28. The molecule has 1 aliphatic rings. The van der Waals surface area contributed by atoms with Crippen molar-refractivity contribution in [2.75, 3.05) is 5.32 Å². The van der Waals surface area contributed by atoms with Gasteiger partial charge in [0.05, 0.1) is 17.2 Å². The van der Waals surface area contributed by atoms with E-state index in [2.05, 4.69) is 25.5 Å². The van der Waals surface area contributed by atoms with E-state index in [4.69, 9.17) is 0 Å². The predicted molar refractivity (Wildman–Crippen MR) is 85.6 cm³/mol. The third kappa shape index (κ3) is 2.59. The number of nitrogens with one attached hydrogen (secondary N) is 1. The van der Waals surface area contributed by atoms with Crippen molar-refractivity contribution in [3.63, 3.8) is 0 Å². The number of aromatic nitrogens is 4. The third-order valence-corrected chi connectivity index (χ3v) is 4.90. The Kier molecular flexibility index (Phi) is 3.34. The average Bonchev–Trinajstić information content (AvgIpc) is 3.17. The first-order valence-electron chi connectivity index (χ1n) is 7.34. The highest BCUT2D eigenvalue weighted by Gasteiger charge is 2.21. The van der Waals surface area contributed by atoms with Gasteiger partial charge in [-0.3, -0.25) is 4.98 Å². The zero-order valence-electron chi connectivity index (χ0n) is 11.9. The van der Waals surface area contributed by atoms with Gasteiger partial charge < -0.3 is 10.4 Å². The molecule has 22 heavy (non-hydrogen) atoms. The van der Waals surface area contributed by atoms with E-state index >= 15 is 0 Å². The molecule has 6 nitrogen and oxygen atoms in total. The third-order valence-electron chi connectivity index (χ3n) is 3.90. The lowest BCUT2D eigenvalue weighted by molar-refractivity contribution is 0.473. The molecule has 0 aromatic carbocycles. The second kappa shape index (κ2) is 5.49. The van der Waals surface area contributed by atoms with E-state index < -0.39 is 0 Å². The molecule has 3 heterocycles. The summed E-state index contributed by atoms with van der Waals surface area (Å²) in [4.78, 5) is 8.56. The number of anilines is 2. The predicted octanol–water partition coefficient (Wildman–Crippen LogP) is 3.59. The Morgan fingerprint density at radius 1 is 1.14 bits per heavy atom. The first-order chi connectivity index (χ1) is 10.8. The van der Waals surface area contributed by atoms with E-state index in [0.29, 0.717) is 17.3 Å². The van der Waals surface area contributed by atoms with E-state index in [0.717, 1.165) is 15.7 Å². The van der Waals surface area contributed by atoms with Crippen molar-refractivity contribution in [3.8, 4) is 5.75 Å². The van der Waals surface area contributed by atoms with Gasteiger partial charge in [0.15, 0.2) is 0 Å². The maximum Gasteiger partial charge on any atom is 0.211 e. The normalized spacial score (nSPS) is 15.5. The number of fused-ring (bicyclic) bond motifs is 1. The highest BCUT2D eigenvalue weighted by molar-refractivity contribution is 7.15. The molecule has 0 saturated heterocycles. The summed E-state index contributed by atoms with van der Waals surface area (Å²) in [7, 11) is 0. The lowest BCUT2D eigenvalue weighted by atomic mass is 10.1. The molecule has 4 rings (SSSR count). The summed E-state index contributed by atoms with van der Waals surface area (Å²) < 4.78 is 0. The van der Waals surface area contributed by atoms with Crippen molar-refractivity contribution in [2.24, 2.45) is 0 Å². The minimum Gasteiger partial charge on any atom is -0.506 e. The summed E-state index contributed by atoms with van der Waals surface area (Å²) in [6, 6.07) is 5.31. The van der Waals surface area contributed by atoms with Crippen LogP contribution in [0.25, 0.3) is 11.0 Å². The second-order valence-electron chi connectivity index (χ2n) is 5.48. The van der Waals surface area contributed by atoms with Crippen molar-refractivity contribution in [1.29, 1.82) is 0 Å². The molecule has 3 aromatic heterocycles. The topological polar surface area (TPSA) is 83.8 Å². The fourth-order valence-electron chi connectivity index (χ4n) is 2.80. The van der Waals surface area contributed by atoms with Crippen LogP contribution in [0.3, 0.4) is 0 Å². The smallest absolute Gasteiger partial charge is 0.211 e. The van der Waals surface area contributed by atoms with Crippen LogP contribution in [0, 0.1) is 0 Å². The number of aromatic hydroxyl groups is 1. The highest BCUT2D eigenvalue weighted by Crippen LogP contribution is 2.36. The summed E-state index contributed by atoms with van der Waals surface area (Å²) >= 11 is 1.60. The molecule has 112 valence electrons. The van der Waals surface area contributed by atoms with E-state index in [1.54, 1.807) is 17.4 Å². The van der Waals surface area contributed by atoms with Crippen molar-refractivity contribution < 1.29 is 5.11 Å². The van der Waals surface area contributed by atoms with Crippen molar-refractivity contribution in [3.05, 3.63) is 29.4 Å². The van der Waals surface area contributed by atoms with Gasteiger partial charge in [-0.05, 0) is 25.0 Å². The molecule has 0 amide bonds. The molecule has 1 saturated carbocycles. The fraction of sp³-hybridized carbons (Fsp3) is 0.333. The van der Waals surface area contributed by atoms with Crippen LogP contribution >= 0.6 is 11.3 Å². The lowest BCUT2D eigenvalue weighted by Gasteiger charge is -2.03. The zero-order chi connectivity index (χ0) is 14.9. The minimum absolute atomic E-state index is 0.108. The molecule has 1 fully saturated rings. The first kappa shape index (κ1) is 13.4. The second-order valence-corrected chi connectivity index (χ2v) is 6.49. The Labute approximate surface area is 131 Å². The summed E-state index contributed by atoms with van der Waals surface area (Å²) in [5.74, 6) is 1.35. The summed E-state index contributed by atoms with van der Waals surface area (Å²) in [5, 5.41) is 23.0. The van der Waals surface area contributed by atoms with Gasteiger partial charge in [-0.2, -0.15) is 0 Å². The molecule has 1 aliphatic carbocycles. The largest absolute Gasteiger partial charge is 0.506 e. The van der Waals surface area contributed by atoms with E-state index in [-0.39, 0.29) is 5.75 Å². The highest BCUT2D eigenvalue weighted by atomic mass is 32.1. The molecule has 2 N–H and O–H groups in total. The summed E-state index contributed by atoms with van der Waals surface area (Å²) in [5.41, 5.74) is 1.39. The van der Waals surface area contributed by atoms with Crippen LogP contribution in [-0.2, 0) is 0 Å². The van der Waals surface area contributed by atoms with Crippen LogP contribution in [-0.4, -0.2) is 25.3 Å². The number of hydrogen-bond donors (Lipinski definition) is 2. The van der Waals surface area contributed by atoms with Gasteiger partial charge in [-0.25, -0.2) is 4.98 Å². The molecule has 0 aliphatic heterocycles. The standard InChI is InChI=1S/C15H15N5OS/c21-10-7-12-11(16-8-10)5-6-13(17-12)18-15-20-19-14(22-15)9-3-1-2-4-9/h5-9,21H,1-4H2,(H,17,18,20). The maximum atomic E-state index is 9.49. The van der Waals surface area contributed by atoms with E-state index in [9.17, 15) is 5.11 Å². The lowest BCUT2D eigenvalue weighted by Crippen LogP contribution is -1.93. The van der Waals surface area contributed by atoms with Crippen LogP contribution in [0.4, 0.5) is 10.9 Å². The van der Waals surface area contributed by atoms with E-state index in [1.807, 2.05) is 12.1 Å². The molecule has 0 atom stereocenters. The van der Waals surface area contributed by atoms with E-state index in [1.165, 1.54) is 31.9 Å². The minimum atomic E-state index is 0.108. The average molecular weight is 313 g/mol. The van der Waals surface area contributed by atoms with Crippen LogP contribution in [0.2, 0.25) is 0 Å². The fourth-order valence-corrected chi connectivity index (χ4v) is 3.72. The van der Waals surface area contributed by atoms with Crippen molar-refractivity contribution in [2.45, 2.75) is 31.6 Å². The van der Waals surface area contributed by atoms with Crippen molar-refractivity contribution in [1.82, 2.24) is 20.2 Å². The SMILES string of the molecule is Oc1cnc2ccc(Nc3nnc(C4CCCC4)s3)nc2c1. The monoisotopic (exact) mass is 313 g/mol. The van der Waals surface area contributed by atoms with Crippen LogP contribution in [0.15, 0.2) is 24.4 Å². The quantitative estimate of drug-likeness (QED) is 0.769.